The fourth-order valence-corrected chi connectivity index (χ4v) is 4.24. The van der Waals surface area contributed by atoms with Crippen LogP contribution in [0, 0.1) is 0 Å². The molecule has 0 aromatic heterocycles. The Hall–Kier alpha value is -1.52. The summed E-state index contributed by atoms with van der Waals surface area (Å²) >= 11 is 12.5. The summed E-state index contributed by atoms with van der Waals surface area (Å²) in [5, 5.41) is 3.54. The number of esters is 1. The van der Waals surface area contributed by atoms with Gasteiger partial charge in [0.1, 0.15) is 6.10 Å². The van der Waals surface area contributed by atoms with Crippen molar-refractivity contribution in [1.82, 2.24) is 5.32 Å². The highest BCUT2D eigenvalue weighted by Gasteiger charge is 2.35. The van der Waals surface area contributed by atoms with Crippen molar-refractivity contribution in [2.45, 2.75) is 63.9 Å². The molecule has 1 fully saturated rings. The van der Waals surface area contributed by atoms with Crippen molar-refractivity contribution in [3.05, 3.63) is 45.1 Å². The van der Waals surface area contributed by atoms with E-state index in [2.05, 4.69) is 5.32 Å². The summed E-state index contributed by atoms with van der Waals surface area (Å²) in [7, 11) is 0. The van der Waals surface area contributed by atoms with E-state index in [4.69, 9.17) is 27.9 Å². The summed E-state index contributed by atoms with van der Waals surface area (Å²) in [5.41, 5.74) is 1.68. The van der Waals surface area contributed by atoms with Crippen LogP contribution in [0.15, 0.2) is 29.5 Å². The van der Waals surface area contributed by atoms with Crippen LogP contribution in [0.2, 0.25) is 10.0 Å². The lowest BCUT2D eigenvalue weighted by molar-refractivity contribution is -0.145. The third-order valence-corrected chi connectivity index (χ3v) is 5.96. The standard InChI is InChI=1S/C20H23Cl2NO3/c1-12-18(20(25)26-13-7-4-2-3-5-8-13)15(11-17(24)23-12)14-9-6-10-16(21)19(14)22/h6,9-10,13,15H,2-5,7-8,11H2,1H3,(H,23,24). The van der Waals surface area contributed by atoms with Crippen molar-refractivity contribution in [1.29, 1.82) is 0 Å². The molecule has 1 saturated carbocycles. The lowest BCUT2D eigenvalue weighted by atomic mass is 9.84. The quantitative estimate of drug-likeness (QED) is 0.569. The molecular weight excluding hydrogens is 373 g/mol. The Balaban J connectivity index is 1.90. The van der Waals surface area contributed by atoms with Crippen LogP contribution in [0.4, 0.5) is 0 Å². The van der Waals surface area contributed by atoms with Crippen LogP contribution in [0.5, 0.6) is 0 Å². The van der Waals surface area contributed by atoms with E-state index in [9.17, 15) is 9.59 Å². The molecular formula is C20H23Cl2NO3. The molecule has 1 aromatic carbocycles. The molecule has 140 valence electrons. The molecule has 1 amide bonds. The van der Waals surface area contributed by atoms with E-state index in [1.165, 1.54) is 12.8 Å². The Morgan fingerprint density at radius 1 is 1.15 bits per heavy atom. The van der Waals surface area contributed by atoms with E-state index in [0.717, 1.165) is 25.7 Å². The summed E-state index contributed by atoms with van der Waals surface area (Å²) in [5.74, 6) is -0.960. The van der Waals surface area contributed by atoms with Crippen molar-refractivity contribution < 1.29 is 14.3 Å². The molecule has 1 aliphatic carbocycles. The number of carbonyl (C=O) groups is 2. The first kappa shape index (κ1) is 19.2. The Kier molecular flexibility index (Phi) is 6.25. The lowest BCUT2D eigenvalue weighted by Crippen LogP contribution is -2.35. The number of allylic oxidation sites excluding steroid dienone is 1. The molecule has 0 radical (unpaired) electrons. The molecule has 1 unspecified atom stereocenters. The molecule has 0 saturated heterocycles. The first-order valence-corrected chi connectivity index (χ1v) is 9.88. The van der Waals surface area contributed by atoms with Crippen molar-refractivity contribution in [3.63, 3.8) is 0 Å². The number of hydrogen-bond donors (Lipinski definition) is 1. The van der Waals surface area contributed by atoms with Gasteiger partial charge in [-0.05, 0) is 44.2 Å². The molecule has 0 bridgehead atoms. The summed E-state index contributed by atoms with van der Waals surface area (Å²) in [6.45, 7) is 1.73. The predicted molar refractivity (Wildman–Crippen MR) is 102 cm³/mol. The fourth-order valence-electron chi connectivity index (χ4n) is 3.80. The Labute approximate surface area is 163 Å². The molecule has 1 N–H and O–H groups in total. The van der Waals surface area contributed by atoms with Gasteiger partial charge in [-0.15, -0.1) is 0 Å². The van der Waals surface area contributed by atoms with Crippen molar-refractivity contribution in [3.8, 4) is 0 Å². The van der Waals surface area contributed by atoms with Crippen molar-refractivity contribution in [2.75, 3.05) is 0 Å². The van der Waals surface area contributed by atoms with Gasteiger partial charge in [-0.2, -0.15) is 0 Å². The number of halogens is 2. The summed E-state index contributed by atoms with van der Waals surface area (Å²) in [6, 6.07) is 5.28. The predicted octanol–water partition coefficient (Wildman–Crippen LogP) is 5.14. The van der Waals surface area contributed by atoms with Gasteiger partial charge >= 0.3 is 5.97 Å². The van der Waals surface area contributed by atoms with Crippen molar-refractivity contribution in [2.24, 2.45) is 0 Å². The van der Waals surface area contributed by atoms with Gasteiger partial charge in [0, 0.05) is 18.0 Å². The maximum absolute atomic E-state index is 13.0. The first-order valence-electron chi connectivity index (χ1n) is 9.13. The zero-order valence-corrected chi connectivity index (χ0v) is 16.3. The minimum atomic E-state index is -0.451. The number of nitrogens with one attached hydrogen (secondary N) is 1. The second-order valence-corrected chi connectivity index (χ2v) is 7.79. The van der Waals surface area contributed by atoms with Crippen LogP contribution in [-0.2, 0) is 14.3 Å². The fraction of sp³-hybridized carbons (Fsp3) is 0.500. The SMILES string of the molecule is CC1=C(C(=O)OC2CCCCCC2)C(c2cccc(Cl)c2Cl)CC(=O)N1. The lowest BCUT2D eigenvalue weighted by Gasteiger charge is -2.28. The minimum Gasteiger partial charge on any atom is -0.459 e. The highest BCUT2D eigenvalue weighted by molar-refractivity contribution is 6.42. The molecule has 1 aromatic rings. The third kappa shape index (κ3) is 4.24. The molecule has 2 aliphatic rings. The molecule has 1 atom stereocenters. The normalized spacial score (nSPS) is 22.0. The smallest absolute Gasteiger partial charge is 0.336 e. The molecule has 1 heterocycles. The number of ether oxygens (including phenoxy) is 1. The average molecular weight is 396 g/mol. The van der Waals surface area contributed by atoms with E-state index in [1.54, 1.807) is 19.1 Å². The molecule has 1 aliphatic heterocycles. The van der Waals surface area contributed by atoms with Gasteiger partial charge in [-0.1, -0.05) is 48.2 Å². The van der Waals surface area contributed by atoms with Gasteiger partial charge < -0.3 is 10.1 Å². The highest BCUT2D eigenvalue weighted by Crippen LogP contribution is 2.40. The molecule has 4 nitrogen and oxygen atoms in total. The summed E-state index contributed by atoms with van der Waals surface area (Å²) in [4.78, 5) is 25.1. The number of carbonyl (C=O) groups excluding carboxylic acids is 2. The maximum atomic E-state index is 13.0. The second kappa shape index (κ2) is 8.45. The largest absolute Gasteiger partial charge is 0.459 e. The van der Waals surface area contributed by atoms with Crippen molar-refractivity contribution >= 4 is 35.1 Å². The van der Waals surface area contributed by atoms with E-state index < -0.39 is 5.92 Å². The third-order valence-electron chi connectivity index (χ3n) is 5.12. The Bertz CT molecular complexity index is 737. The van der Waals surface area contributed by atoms with Crippen LogP contribution in [-0.4, -0.2) is 18.0 Å². The topological polar surface area (TPSA) is 55.4 Å². The Morgan fingerprint density at radius 3 is 2.54 bits per heavy atom. The number of rotatable bonds is 3. The van der Waals surface area contributed by atoms with E-state index in [-0.39, 0.29) is 24.4 Å². The average Bonchev–Trinajstić information content (AvgIpc) is 2.85. The molecule has 0 spiro atoms. The number of amides is 1. The van der Waals surface area contributed by atoms with Gasteiger partial charge in [0.2, 0.25) is 5.91 Å². The Morgan fingerprint density at radius 2 is 1.85 bits per heavy atom. The monoisotopic (exact) mass is 395 g/mol. The van der Waals surface area contributed by atoms with E-state index in [1.807, 2.05) is 6.07 Å². The summed E-state index contributed by atoms with van der Waals surface area (Å²) in [6.07, 6.45) is 6.41. The number of benzene rings is 1. The minimum absolute atomic E-state index is 0.0570. The molecule has 3 rings (SSSR count). The van der Waals surface area contributed by atoms with Crippen LogP contribution < -0.4 is 5.32 Å². The molecule has 6 heteroatoms. The van der Waals surface area contributed by atoms with Gasteiger partial charge in [0.25, 0.3) is 0 Å². The maximum Gasteiger partial charge on any atom is 0.336 e. The van der Waals surface area contributed by atoms with E-state index in [0.29, 0.717) is 26.9 Å². The zero-order chi connectivity index (χ0) is 18.7. The summed E-state index contributed by atoms with van der Waals surface area (Å²) < 4.78 is 5.81. The van der Waals surface area contributed by atoms with Gasteiger partial charge in [0.15, 0.2) is 0 Å². The first-order chi connectivity index (χ1) is 12.5. The highest BCUT2D eigenvalue weighted by atomic mass is 35.5. The second-order valence-electron chi connectivity index (χ2n) is 7.01. The van der Waals surface area contributed by atoms with E-state index >= 15 is 0 Å². The zero-order valence-electron chi connectivity index (χ0n) is 14.8. The van der Waals surface area contributed by atoms with Gasteiger partial charge in [0.05, 0.1) is 15.6 Å². The van der Waals surface area contributed by atoms with Gasteiger partial charge in [-0.3, -0.25) is 4.79 Å². The van der Waals surface area contributed by atoms with Crippen LogP contribution >= 0.6 is 23.2 Å². The molecule has 26 heavy (non-hydrogen) atoms. The van der Waals surface area contributed by atoms with Crippen LogP contribution in [0.25, 0.3) is 0 Å². The van der Waals surface area contributed by atoms with Crippen LogP contribution in [0.3, 0.4) is 0 Å². The number of hydrogen-bond acceptors (Lipinski definition) is 3. The van der Waals surface area contributed by atoms with Gasteiger partial charge in [-0.25, -0.2) is 4.79 Å². The van der Waals surface area contributed by atoms with Crippen LogP contribution in [0.1, 0.15) is 63.4 Å².